The van der Waals surface area contributed by atoms with E-state index in [1.54, 1.807) is 26.4 Å². The Hall–Kier alpha value is -3.02. The van der Waals surface area contributed by atoms with Crippen molar-refractivity contribution >= 4 is 12.1 Å². The normalized spacial score (nSPS) is 11.3. The van der Waals surface area contributed by atoms with E-state index in [-0.39, 0.29) is 17.9 Å². The highest BCUT2D eigenvalue weighted by atomic mass is 16.5. The van der Waals surface area contributed by atoms with Gasteiger partial charge >= 0.3 is 0 Å². The second-order valence-corrected chi connectivity index (χ2v) is 6.97. The van der Waals surface area contributed by atoms with Gasteiger partial charge in [-0.15, -0.1) is 0 Å². The van der Waals surface area contributed by atoms with E-state index in [9.17, 15) is 4.79 Å². The first-order chi connectivity index (χ1) is 12.8. The number of hydrazone groups is 1. The molecule has 2 aromatic rings. The Morgan fingerprint density at radius 2 is 1.70 bits per heavy atom. The fourth-order valence-electron chi connectivity index (χ4n) is 2.34. The summed E-state index contributed by atoms with van der Waals surface area (Å²) in [4.78, 5) is 11.9. The smallest absolute Gasteiger partial charge is 0.277 e. The first-order valence-electron chi connectivity index (χ1n) is 8.61. The SMILES string of the molecule is COc1ccc(/C=N\NC(=O)COc2ccc(C(C)(C)C)cc2)cc1OC. The highest BCUT2D eigenvalue weighted by Gasteiger charge is 2.13. The van der Waals surface area contributed by atoms with Crippen LogP contribution in [0, 0.1) is 0 Å². The lowest BCUT2D eigenvalue weighted by Crippen LogP contribution is -2.24. The van der Waals surface area contributed by atoms with E-state index >= 15 is 0 Å². The molecule has 2 rings (SSSR count). The number of nitrogens with one attached hydrogen (secondary N) is 1. The number of nitrogens with zero attached hydrogens (tertiary/aromatic N) is 1. The molecular weight excluding hydrogens is 344 g/mol. The van der Waals surface area contributed by atoms with Crippen LogP contribution in [-0.4, -0.2) is 32.9 Å². The van der Waals surface area contributed by atoms with E-state index in [1.807, 2.05) is 30.3 Å². The molecule has 0 bridgehead atoms. The van der Waals surface area contributed by atoms with Crippen molar-refractivity contribution < 1.29 is 19.0 Å². The Kier molecular flexibility index (Phi) is 6.82. The number of carbonyl (C=O) groups excluding carboxylic acids is 1. The lowest BCUT2D eigenvalue weighted by atomic mass is 9.87. The fourth-order valence-corrected chi connectivity index (χ4v) is 2.34. The number of ether oxygens (including phenoxy) is 3. The maximum Gasteiger partial charge on any atom is 0.277 e. The van der Waals surface area contributed by atoms with Gasteiger partial charge in [-0.3, -0.25) is 4.79 Å². The molecule has 0 aromatic heterocycles. The second kappa shape index (κ2) is 9.07. The summed E-state index contributed by atoms with van der Waals surface area (Å²) in [5.41, 5.74) is 4.49. The van der Waals surface area contributed by atoms with Crippen LogP contribution in [0.1, 0.15) is 31.9 Å². The molecule has 0 unspecified atom stereocenters. The van der Waals surface area contributed by atoms with Crippen molar-refractivity contribution in [2.24, 2.45) is 5.10 Å². The van der Waals surface area contributed by atoms with Gasteiger partial charge in [0.1, 0.15) is 5.75 Å². The van der Waals surface area contributed by atoms with Crippen molar-refractivity contribution in [3.8, 4) is 17.2 Å². The van der Waals surface area contributed by atoms with E-state index in [0.29, 0.717) is 17.2 Å². The monoisotopic (exact) mass is 370 g/mol. The molecule has 1 amide bonds. The number of benzene rings is 2. The minimum atomic E-state index is -0.341. The fraction of sp³-hybridized carbons (Fsp3) is 0.333. The van der Waals surface area contributed by atoms with Gasteiger partial charge in [0.25, 0.3) is 5.91 Å². The third-order valence-corrected chi connectivity index (χ3v) is 3.90. The first-order valence-corrected chi connectivity index (χ1v) is 8.61. The molecule has 0 fully saturated rings. The zero-order valence-corrected chi connectivity index (χ0v) is 16.4. The molecular formula is C21H26N2O4. The van der Waals surface area contributed by atoms with Crippen LogP contribution in [0.4, 0.5) is 0 Å². The predicted octanol–water partition coefficient (Wildman–Crippen LogP) is 3.53. The number of methoxy groups -OCH3 is 2. The summed E-state index contributed by atoms with van der Waals surface area (Å²) < 4.78 is 15.9. The Morgan fingerprint density at radius 1 is 1.04 bits per heavy atom. The van der Waals surface area contributed by atoms with E-state index in [4.69, 9.17) is 14.2 Å². The second-order valence-electron chi connectivity index (χ2n) is 6.97. The van der Waals surface area contributed by atoms with Gasteiger partial charge in [0.15, 0.2) is 18.1 Å². The summed E-state index contributed by atoms with van der Waals surface area (Å²) in [5, 5.41) is 3.93. The van der Waals surface area contributed by atoms with Gasteiger partial charge in [0, 0.05) is 0 Å². The molecule has 2 aromatic carbocycles. The van der Waals surface area contributed by atoms with Gasteiger partial charge < -0.3 is 14.2 Å². The van der Waals surface area contributed by atoms with Crippen LogP contribution in [0.2, 0.25) is 0 Å². The van der Waals surface area contributed by atoms with E-state index in [0.717, 1.165) is 5.56 Å². The lowest BCUT2D eigenvalue weighted by Gasteiger charge is -2.19. The average molecular weight is 370 g/mol. The first kappa shape index (κ1) is 20.3. The van der Waals surface area contributed by atoms with Gasteiger partial charge in [-0.2, -0.15) is 5.10 Å². The Morgan fingerprint density at radius 3 is 2.30 bits per heavy atom. The molecule has 0 atom stereocenters. The molecule has 0 radical (unpaired) electrons. The summed E-state index contributed by atoms with van der Waals surface area (Å²) in [6.45, 7) is 6.32. The van der Waals surface area contributed by atoms with Crippen molar-refractivity contribution in [2.75, 3.05) is 20.8 Å². The Labute approximate surface area is 160 Å². The molecule has 0 aliphatic rings. The summed E-state index contributed by atoms with van der Waals surface area (Å²) in [6, 6.07) is 13.1. The third kappa shape index (κ3) is 6.02. The molecule has 27 heavy (non-hydrogen) atoms. The summed E-state index contributed by atoms with van der Waals surface area (Å²) in [7, 11) is 3.13. The Balaban J connectivity index is 1.85. The highest BCUT2D eigenvalue weighted by molar-refractivity contribution is 5.83. The molecule has 0 aliphatic carbocycles. The number of rotatable bonds is 7. The number of hydrogen-bond acceptors (Lipinski definition) is 5. The lowest BCUT2D eigenvalue weighted by molar-refractivity contribution is -0.123. The zero-order chi connectivity index (χ0) is 19.9. The highest BCUT2D eigenvalue weighted by Crippen LogP contribution is 2.27. The maximum atomic E-state index is 11.9. The zero-order valence-electron chi connectivity index (χ0n) is 16.4. The van der Waals surface area contributed by atoms with Crippen molar-refractivity contribution in [1.82, 2.24) is 5.43 Å². The van der Waals surface area contributed by atoms with Crippen molar-refractivity contribution in [1.29, 1.82) is 0 Å². The quantitative estimate of drug-likeness (QED) is 0.598. The molecule has 0 saturated heterocycles. The summed E-state index contributed by atoms with van der Waals surface area (Å²) >= 11 is 0. The van der Waals surface area contributed by atoms with Crippen LogP contribution in [0.15, 0.2) is 47.6 Å². The minimum Gasteiger partial charge on any atom is -0.493 e. The third-order valence-electron chi connectivity index (χ3n) is 3.90. The van der Waals surface area contributed by atoms with E-state index in [2.05, 4.69) is 31.3 Å². The van der Waals surface area contributed by atoms with Crippen LogP contribution in [0.3, 0.4) is 0 Å². The van der Waals surface area contributed by atoms with Crippen LogP contribution in [-0.2, 0) is 10.2 Å². The number of hydrogen-bond donors (Lipinski definition) is 1. The molecule has 0 heterocycles. The van der Waals surface area contributed by atoms with Gasteiger partial charge in [-0.25, -0.2) is 5.43 Å². The molecule has 0 aliphatic heterocycles. The van der Waals surface area contributed by atoms with Crippen LogP contribution >= 0.6 is 0 Å². The van der Waals surface area contributed by atoms with Crippen molar-refractivity contribution in [3.63, 3.8) is 0 Å². The average Bonchev–Trinajstić information content (AvgIpc) is 2.65. The van der Waals surface area contributed by atoms with Crippen LogP contribution in [0.25, 0.3) is 0 Å². The van der Waals surface area contributed by atoms with Crippen LogP contribution < -0.4 is 19.6 Å². The molecule has 0 saturated carbocycles. The Bertz CT molecular complexity index is 793. The van der Waals surface area contributed by atoms with Gasteiger partial charge in [0.05, 0.1) is 20.4 Å². The topological polar surface area (TPSA) is 69.2 Å². The molecule has 1 N–H and O–H groups in total. The maximum absolute atomic E-state index is 11.9. The number of carbonyl (C=O) groups is 1. The van der Waals surface area contributed by atoms with E-state index in [1.165, 1.54) is 11.8 Å². The molecule has 0 spiro atoms. The van der Waals surface area contributed by atoms with Gasteiger partial charge in [-0.05, 0) is 46.9 Å². The standard InChI is InChI=1S/C21H26N2O4/c1-21(2,3)16-7-9-17(10-8-16)27-14-20(24)23-22-13-15-6-11-18(25-4)19(12-15)26-5/h6-13H,14H2,1-5H3,(H,23,24)/b22-13-. The predicted molar refractivity (Wildman–Crippen MR) is 106 cm³/mol. The largest absolute Gasteiger partial charge is 0.493 e. The molecule has 6 nitrogen and oxygen atoms in total. The van der Waals surface area contributed by atoms with Crippen molar-refractivity contribution in [3.05, 3.63) is 53.6 Å². The molecule has 6 heteroatoms. The van der Waals surface area contributed by atoms with Crippen LogP contribution in [0.5, 0.6) is 17.2 Å². The number of amides is 1. The summed E-state index contributed by atoms with van der Waals surface area (Å²) in [5.74, 6) is 1.52. The van der Waals surface area contributed by atoms with Gasteiger partial charge in [-0.1, -0.05) is 32.9 Å². The summed E-state index contributed by atoms with van der Waals surface area (Å²) in [6.07, 6.45) is 1.53. The molecule has 144 valence electrons. The van der Waals surface area contributed by atoms with Crippen molar-refractivity contribution in [2.45, 2.75) is 26.2 Å². The minimum absolute atomic E-state index is 0.0781. The van der Waals surface area contributed by atoms with Gasteiger partial charge in [0.2, 0.25) is 0 Å². The van der Waals surface area contributed by atoms with E-state index < -0.39 is 0 Å².